The normalized spacial score (nSPS) is 11.1. The minimum atomic E-state index is -4.41. The Morgan fingerprint density at radius 1 is 1.25 bits per heavy atom. The zero-order valence-electron chi connectivity index (χ0n) is 14.9. The second kappa shape index (κ2) is 8.76. The molecule has 8 nitrogen and oxygen atoms in total. The summed E-state index contributed by atoms with van der Waals surface area (Å²) in [7, 11) is -4.41. The number of non-ortho nitro benzene ring substituents is 1. The second-order valence-corrected chi connectivity index (χ2v) is 8.21. The van der Waals surface area contributed by atoms with Gasteiger partial charge in [0.15, 0.2) is 0 Å². The summed E-state index contributed by atoms with van der Waals surface area (Å²) in [5, 5.41) is 11.1. The summed E-state index contributed by atoms with van der Waals surface area (Å²) in [6, 6.07) is 7.74. The van der Waals surface area contributed by atoms with Gasteiger partial charge in [-0.3, -0.25) is 19.2 Å². The fourth-order valence-corrected chi connectivity index (χ4v) is 4.52. The van der Waals surface area contributed by atoms with Crippen molar-refractivity contribution in [1.29, 1.82) is 0 Å². The Kier molecular flexibility index (Phi) is 6.87. The molecule has 2 aromatic rings. The fraction of sp³-hybridized carbons (Fsp3) is 0.235. The molecule has 0 aliphatic carbocycles. The Morgan fingerprint density at radius 3 is 2.54 bits per heavy atom. The molecule has 0 radical (unpaired) electrons. The molecule has 0 unspecified atom stereocenters. The van der Waals surface area contributed by atoms with Crippen LogP contribution in [0.1, 0.15) is 12.5 Å². The van der Waals surface area contributed by atoms with Gasteiger partial charge in [-0.05, 0) is 31.5 Å². The van der Waals surface area contributed by atoms with E-state index in [0.29, 0.717) is 0 Å². The third kappa shape index (κ3) is 4.54. The van der Waals surface area contributed by atoms with E-state index in [1.807, 2.05) is 0 Å². The summed E-state index contributed by atoms with van der Waals surface area (Å²) in [5.41, 5.74) is -0.191. The molecule has 0 fully saturated rings. The van der Waals surface area contributed by atoms with Gasteiger partial charge in [-0.15, -0.1) is 0 Å². The van der Waals surface area contributed by atoms with E-state index < -0.39 is 33.1 Å². The number of sulfonamides is 1. The van der Waals surface area contributed by atoms with Gasteiger partial charge in [0, 0.05) is 12.1 Å². The van der Waals surface area contributed by atoms with Gasteiger partial charge in [0.05, 0.1) is 32.2 Å². The van der Waals surface area contributed by atoms with Crippen molar-refractivity contribution in [3.63, 3.8) is 0 Å². The molecule has 0 spiro atoms. The van der Waals surface area contributed by atoms with Crippen LogP contribution in [0.15, 0.2) is 41.3 Å². The average Bonchev–Trinajstić information content (AvgIpc) is 2.62. The molecule has 2 aromatic carbocycles. The fourth-order valence-electron chi connectivity index (χ4n) is 2.41. The molecule has 11 heteroatoms. The van der Waals surface area contributed by atoms with E-state index in [0.717, 1.165) is 10.4 Å². The molecule has 0 bridgehead atoms. The number of anilines is 1. The monoisotopic (exact) mass is 446 g/mol. The number of nitro benzene ring substituents is 1. The number of hydrogen-bond donors (Lipinski definition) is 0. The number of ether oxygens (including phenoxy) is 1. The third-order valence-electron chi connectivity index (χ3n) is 3.73. The topological polar surface area (TPSA) is 107 Å². The molecule has 28 heavy (non-hydrogen) atoms. The zero-order valence-corrected chi connectivity index (χ0v) is 17.2. The van der Waals surface area contributed by atoms with Crippen molar-refractivity contribution in [2.75, 3.05) is 17.5 Å². The van der Waals surface area contributed by atoms with Gasteiger partial charge >= 0.3 is 5.97 Å². The van der Waals surface area contributed by atoms with Crippen molar-refractivity contribution in [2.24, 2.45) is 0 Å². The Labute approximate surface area is 171 Å². The molecule has 0 N–H and O–H groups in total. The molecule has 0 saturated heterocycles. The zero-order chi connectivity index (χ0) is 21.1. The van der Waals surface area contributed by atoms with Gasteiger partial charge in [0.2, 0.25) is 0 Å². The van der Waals surface area contributed by atoms with E-state index in [4.69, 9.17) is 27.9 Å². The average molecular weight is 447 g/mol. The highest BCUT2D eigenvalue weighted by atomic mass is 35.5. The molecular formula is C17H16Cl2N2O6S. The molecule has 150 valence electrons. The van der Waals surface area contributed by atoms with Gasteiger partial charge in [-0.2, -0.15) is 0 Å². The number of nitro groups is 1. The number of hydrogen-bond acceptors (Lipinski definition) is 6. The van der Waals surface area contributed by atoms with Crippen molar-refractivity contribution >= 4 is 50.6 Å². The van der Waals surface area contributed by atoms with Gasteiger partial charge in [0.25, 0.3) is 15.7 Å². The van der Waals surface area contributed by atoms with E-state index in [1.54, 1.807) is 6.92 Å². The summed E-state index contributed by atoms with van der Waals surface area (Å²) in [6.07, 6.45) is 0. The molecule has 0 aliphatic rings. The first kappa shape index (κ1) is 21.9. The van der Waals surface area contributed by atoms with Crippen LogP contribution in [0.2, 0.25) is 10.0 Å². The van der Waals surface area contributed by atoms with Crippen LogP contribution >= 0.6 is 23.2 Å². The van der Waals surface area contributed by atoms with E-state index in [2.05, 4.69) is 0 Å². The summed E-state index contributed by atoms with van der Waals surface area (Å²) < 4.78 is 32.2. The summed E-state index contributed by atoms with van der Waals surface area (Å²) >= 11 is 12.2. The van der Waals surface area contributed by atoms with Gasteiger partial charge in [0.1, 0.15) is 6.54 Å². The quantitative estimate of drug-likeness (QED) is 0.361. The Hall–Kier alpha value is -2.36. The molecule has 0 aliphatic heterocycles. The molecule has 0 saturated carbocycles. The van der Waals surface area contributed by atoms with Gasteiger partial charge in [-0.1, -0.05) is 35.3 Å². The van der Waals surface area contributed by atoms with Crippen molar-refractivity contribution < 1.29 is 22.9 Å². The number of esters is 1. The van der Waals surface area contributed by atoms with E-state index in [9.17, 15) is 23.3 Å². The van der Waals surface area contributed by atoms with Gasteiger partial charge in [-0.25, -0.2) is 8.42 Å². The predicted molar refractivity (Wildman–Crippen MR) is 105 cm³/mol. The number of aryl methyl sites for hydroxylation is 1. The Balaban J connectivity index is 2.68. The Morgan fingerprint density at radius 2 is 1.93 bits per heavy atom. The first-order valence-electron chi connectivity index (χ1n) is 7.97. The molecule has 0 aromatic heterocycles. The molecule has 2 rings (SSSR count). The largest absolute Gasteiger partial charge is 0.465 e. The van der Waals surface area contributed by atoms with Crippen molar-refractivity contribution in [1.82, 2.24) is 0 Å². The van der Waals surface area contributed by atoms with Crippen LogP contribution in [0, 0.1) is 17.0 Å². The van der Waals surface area contributed by atoms with Gasteiger partial charge < -0.3 is 4.74 Å². The first-order chi connectivity index (χ1) is 13.1. The maximum Gasteiger partial charge on any atom is 0.326 e. The lowest BCUT2D eigenvalue weighted by Crippen LogP contribution is -2.37. The molecule has 0 amide bonds. The highest BCUT2D eigenvalue weighted by Gasteiger charge is 2.32. The van der Waals surface area contributed by atoms with Crippen LogP contribution in [0.3, 0.4) is 0 Å². The van der Waals surface area contributed by atoms with Crippen LogP contribution in [0.25, 0.3) is 0 Å². The minimum Gasteiger partial charge on any atom is -0.465 e. The molecule has 0 atom stereocenters. The van der Waals surface area contributed by atoms with Crippen molar-refractivity contribution in [2.45, 2.75) is 18.7 Å². The number of halogens is 2. The molecular weight excluding hydrogens is 431 g/mol. The number of carbonyl (C=O) groups excluding carboxylic acids is 1. The highest BCUT2D eigenvalue weighted by Crippen LogP contribution is 2.36. The smallest absolute Gasteiger partial charge is 0.326 e. The Bertz CT molecular complexity index is 1030. The first-order valence-corrected chi connectivity index (χ1v) is 10.2. The number of carbonyl (C=O) groups is 1. The minimum absolute atomic E-state index is 0.0475. The van der Waals surface area contributed by atoms with Crippen LogP contribution in [0.4, 0.5) is 11.4 Å². The maximum atomic E-state index is 13.3. The number of rotatable bonds is 7. The number of nitrogens with zero attached hydrogens (tertiary/aromatic N) is 2. The van der Waals surface area contributed by atoms with E-state index in [-0.39, 0.29) is 32.8 Å². The predicted octanol–water partition coefficient (Wildman–Crippen LogP) is 3.97. The molecule has 0 heterocycles. The third-order valence-corrected chi connectivity index (χ3v) is 6.44. The van der Waals surface area contributed by atoms with Crippen molar-refractivity contribution in [3.05, 3.63) is 62.1 Å². The van der Waals surface area contributed by atoms with Crippen LogP contribution in [0.5, 0.6) is 0 Å². The van der Waals surface area contributed by atoms with E-state index >= 15 is 0 Å². The highest BCUT2D eigenvalue weighted by molar-refractivity contribution is 7.93. The number of benzene rings is 2. The van der Waals surface area contributed by atoms with Crippen LogP contribution in [-0.4, -0.2) is 32.5 Å². The van der Waals surface area contributed by atoms with E-state index in [1.165, 1.54) is 37.3 Å². The summed E-state index contributed by atoms with van der Waals surface area (Å²) in [6.45, 7) is 2.43. The SMILES string of the molecule is CCOC(=O)CN(c1cccc(Cl)c1Cl)S(=O)(=O)c1cc([N+](=O)[O-])ccc1C. The maximum absolute atomic E-state index is 13.3. The van der Waals surface area contributed by atoms with Crippen LogP contribution in [-0.2, 0) is 19.6 Å². The van der Waals surface area contributed by atoms with Crippen LogP contribution < -0.4 is 4.31 Å². The second-order valence-electron chi connectivity index (χ2n) is 5.60. The standard InChI is InChI=1S/C17H16Cl2N2O6S/c1-3-27-16(22)10-20(14-6-4-5-13(18)17(14)19)28(25,26)15-9-12(21(23)24)8-7-11(15)2/h4-9H,3,10H2,1-2H3. The summed E-state index contributed by atoms with van der Waals surface area (Å²) in [4.78, 5) is 22.1. The van der Waals surface area contributed by atoms with Crippen molar-refractivity contribution in [3.8, 4) is 0 Å². The lowest BCUT2D eigenvalue weighted by Gasteiger charge is -2.25. The lowest BCUT2D eigenvalue weighted by atomic mass is 10.2. The lowest BCUT2D eigenvalue weighted by molar-refractivity contribution is -0.385. The summed E-state index contributed by atoms with van der Waals surface area (Å²) in [5.74, 6) is -0.815.